The topological polar surface area (TPSA) is 3.24 Å². The van der Waals surface area contributed by atoms with Gasteiger partial charge in [-0.1, -0.05) is 0 Å². The van der Waals surface area contributed by atoms with E-state index in [0.29, 0.717) is 6.54 Å². The lowest BCUT2D eigenvalue weighted by Crippen LogP contribution is -2.37. The first-order chi connectivity index (χ1) is 5.53. The van der Waals surface area contributed by atoms with Gasteiger partial charge in [-0.15, -0.1) is 11.6 Å². The summed E-state index contributed by atoms with van der Waals surface area (Å²) in [7, 11) is 0. The Labute approximate surface area is 74.5 Å². The molecule has 0 aliphatic heterocycles. The van der Waals surface area contributed by atoms with Gasteiger partial charge in [0.25, 0.3) is 0 Å². The summed E-state index contributed by atoms with van der Waals surface area (Å²) in [4.78, 5) is 1.41. The van der Waals surface area contributed by atoms with E-state index in [9.17, 15) is 13.2 Å². The van der Waals surface area contributed by atoms with Crippen LogP contribution in [-0.2, 0) is 0 Å². The van der Waals surface area contributed by atoms with Crippen LogP contribution in [0.5, 0.6) is 0 Å². The molecule has 1 aliphatic rings. The van der Waals surface area contributed by atoms with E-state index in [0.717, 1.165) is 12.8 Å². The van der Waals surface area contributed by atoms with Crippen LogP contribution in [-0.4, -0.2) is 36.1 Å². The largest absolute Gasteiger partial charge is 0.401 e. The van der Waals surface area contributed by atoms with E-state index in [1.807, 2.05) is 0 Å². The Kier molecular flexibility index (Phi) is 3.23. The molecule has 0 N–H and O–H groups in total. The summed E-state index contributed by atoms with van der Waals surface area (Å²) < 4.78 is 35.8. The highest BCUT2D eigenvalue weighted by Gasteiger charge is 2.37. The predicted molar refractivity (Wildman–Crippen MR) is 41.4 cm³/mol. The molecular formula is C7H11ClF3N. The minimum absolute atomic E-state index is 0.130. The number of hydrogen-bond donors (Lipinski definition) is 0. The Balaban J connectivity index is 2.32. The number of rotatable bonds is 4. The van der Waals surface area contributed by atoms with Gasteiger partial charge in [0, 0.05) is 18.5 Å². The molecule has 72 valence electrons. The number of nitrogens with zero attached hydrogens (tertiary/aromatic N) is 1. The fourth-order valence-corrected chi connectivity index (χ4v) is 1.39. The molecule has 1 aliphatic carbocycles. The second-order valence-corrected chi connectivity index (χ2v) is 3.38. The zero-order valence-electron chi connectivity index (χ0n) is 6.57. The lowest BCUT2D eigenvalue weighted by atomic mass is 10.4. The van der Waals surface area contributed by atoms with Gasteiger partial charge >= 0.3 is 6.18 Å². The maximum atomic E-state index is 11.9. The summed E-state index contributed by atoms with van der Waals surface area (Å²) in [6.45, 7) is -0.476. The van der Waals surface area contributed by atoms with Gasteiger partial charge in [-0.05, 0) is 12.8 Å². The van der Waals surface area contributed by atoms with Gasteiger partial charge in [0.2, 0.25) is 0 Å². The lowest BCUT2D eigenvalue weighted by Gasteiger charge is -2.21. The van der Waals surface area contributed by atoms with Crippen molar-refractivity contribution in [3.63, 3.8) is 0 Å². The van der Waals surface area contributed by atoms with Gasteiger partial charge in [-0.25, -0.2) is 0 Å². The maximum Gasteiger partial charge on any atom is 0.401 e. The molecule has 5 heteroatoms. The Morgan fingerprint density at radius 3 is 2.25 bits per heavy atom. The predicted octanol–water partition coefficient (Wildman–Crippen LogP) is 2.25. The third-order valence-corrected chi connectivity index (χ3v) is 1.99. The summed E-state index contributed by atoms with van der Waals surface area (Å²) in [5.41, 5.74) is 0. The van der Waals surface area contributed by atoms with E-state index >= 15 is 0 Å². The molecule has 0 aromatic carbocycles. The molecule has 0 atom stereocenters. The third-order valence-electron chi connectivity index (χ3n) is 1.82. The smallest absolute Gasteiger partial charge is 0.291 e. The quantitative estimate of drug-likeness (QED) is 0.631. The van der Waals surface area contributed by atoms with Crippen molar-refractivity contribution < 1.29 is 13.2 Å². The normalized spacial score (nSPS) is 18.8. The second kappa shape index (κ2) is 3.83. The van der Waals surface area contributed by atoms with Crippen molar-refractivity contribution in [2.75, 3.05) is 19.0 Å². The molecule has 0 bridgehead atoms. The first-order valence-electron chi connectivity index (χ1n) is 3.89. The van der Waals surface area contributed by atoms with Crippen molar-refractivity contribution in [3.8, 4) is 0 Å². The monoisotopic (exact) mass is 201 g/mol. The van der Waals surface area contributed by atoms with E-state index in [-0.39, 0.29) is 11.9 Å². The SMILES string of the molecule is FC(F)(F)CN(CCCl)C1CC1. The zero-order chi connectivity index (χ0) is 9.19. The molecule has 0 aromatic rings. The summed E-state index contributed by atoms with van der Waals surface area (Å²) in [5, 5.41) is 0. The average molecular weight is 202 g/mol. The Bertz CT molecular complexity index is 144. The molecule has 1 nitrogen and oxygen atoms in total. The van der Waals surface area contributed by atoms with Crippen LogP contribution in [0.15, 0.2) is 0 Å². The van der Waals surface area contributed by atoms with Crippen molar-refractivity contribution >= 4 is 11.6 Å². The van der Waals surface area contributed by atoms with E-state index in [1.165, 1.54) is 4.90 Å². The molecule has 0 radical (unpaired) electrons. The molecule has 12 heavy (non-hydrogen) atoms. The van der Waals surface area contributed by atoms with Gasteiger partial charge in [-0.2, -0.15) is 13.2 Å². The highest BCUT2D eigenvalue weighted by molar-refractivity contribution is 6.18. The first kappa shape index (κ1) is 10.1. The summed E-state index contributed by atoms with van der Waals surface area (Å²) >= 11 is 5.39. The van der Waals surface area contributed by atoms with Crippen LogP contribution in [0.3, 0.4) is 0 Å². The van der Waals surface area contributed by atoms with Crippen LogP contribution in [0.2, 0.25) is 0 Å². The molecule has 0 saturated heterocycles. The molecule has 0 aromatic heterocycles. The van der Waals surface area contributed by atoms with Crippen LogP contribution in [0.4, 0.5) is 13.2 Å². The minimum atomic E-state index is -4.09. The fraction of sp³-hybridized carbons (Fsp3) is 1.00. The molecule has 0 amide bonds. The molecule has 0 spiro atoms. The maximum absolute atomic E-state index is 11.9. The van der Waals surface area contributed by atoms with Crippen LogP contribution >= 0.6 is 11.6 Å². The van der Waals surface area contributed by atoms with Crippen LogP contribution < -0.4 is 0 Å². The molecule has 1 fully saturated rings. The van der Waals surface area contributed by atoms with E-state index in [4.69, 9.17) is 11.6 Å². The van der Waals surface area contributed by atoms with E-state index in [1.54, 1.807) is 0 Å². The Morgan fingerprint density at radius 2 is 1.92 bits per heavy atom. The van der Waals surface area contributed by atoms with Crippen molar-refractivity contribution in [1.82, 2.24) is 4.90 Å². The highest BCUT2D eigenvalue weighted by Crippen LogP contribution is 2.29. The van der Waals surface area contributed by atoms with Gasteiger partial charge in [0.15, 0.2) is 0 Å². The zero-order valence-corrected chi connectivity index (χ0v) is 7.33. The molecule has 1 rings (SSSR count). The third kappa shape index (κ3) is 3.63. The van der Waals surface area contributed by atoms with Crippen LogP contribution in [0.1, 0.15) is 12.8 Å². The second-order valence-electron chi connectivity index (χ2n) is 3.01. The molecular weight excluding hydrogens is 191 g/mol. The van der Waals surface area contributed by atoms with Gasteiger partial charge in [-0.3, -0.25) is 4.90 Å². The van der Waals surface area contributed by atoms with Gasteiger partial charge in [0.05, 0.1) is 6.54 Å². The first-order valence-corrected chi connectivity index (χ1v) is 4.43. The lowest BCUT2D eigenvalue weighted by molar-refractivity contribution is -0.146. The summed E-state index contributed by atoms with van der Waals surface area (Å²) in [5.74, 6) is 0.270. The van der Waals surface area contributed by atoms with Gasteiger partial charge < -0.3 is 0 Å². The molecule has 1 saturated carbocycles. The van der Waals surface area contributed by atoms with Crippen molar-refractivity contribution in [1.29, 1.82) is 0 Å². The van der Waals surface area contributed by atoms with Crippen molar-refractivity contribution in [2.24, 2.45) is 0 Å². The van der Waals surface area contributed by atoms with Crippen molar-refractivity contribution in [2.45, 2.75) is 25.1 Å². The van der Waals surface area contributed by atoms with Gasteiger partial charge in [0.1, 0.15) is 0 Å². The molecule has 0 heterocycles. The minimum Gasteiger partial charge on any atom is -0.291 e. The van der Waals surface area contributed by atoms with E-state index in [2.05, 4.69) is 0 Å². The Hall–Kier alpha value is 0.0400. The number of hydrogen-bond acceptors (Lipinski definition) is 1. The van der Waals surface area contributed by atoms with E-state index < -0.39 is 12.7 Å². The molecule has 0 unspecified atom stereocenters. The average Bonchev–Trinajstić information content (AvgIpc) is 2.63. The standard InChI is InChI=1S/C7H11ClF3N/c8-3-4-12(6-1-2-6)5-7(9,10)11/h6H,1-5H2. The summed E-state index contributed by atoms with van der Waals surface area (Å²) in [6.07, 6.45) is -2.32. The fourth-order valence-electron chi connectivity index (χ4n) is 1.17. The number of halogens is 4. The van der Waals surface area contributed by atoms with Crippen molar-refractivity contribution in [3.05, 3.63) is 0 Å². The number of alkyl halides is 4. The Morgan fingerprint density at radius 1 is 1.33 bits per heavy atom. The van der Waals surface area contributed by atoms with Crippen LogP contribution in [0.25, 0.3) is 0 Å². The highest BCUT2D eigenvalue weighted by atomic mass is 35.5. The summed E-state index contributed by atoms with van der Waals surface area (Å²) in [6, 6.07) is 0.130. The van der Waals surface area contributed by atoms with Crippen LogP contribution in [0, 0.1) is 0 Å².